The average molecular weight is 507 g/mol. The highest BCUT2D eigenvalue weighted by molar-refractivity contribution is 5.59. The fourth-order valence-corrected chi connectivity index (χ4v) is 4.39. The molecule has 0 rings (SSSR count). The van der Waals surface area contributed by atoms with Crippen molar-refractivity contribution in [3.8, 4) is 0 Å². The lowest BCUT2D eigenvalue weighted by molar-refractivity contribution is 0.0529. The van der Waals surface area contributed by atoms with E-state index in [1.165, 1.54) is 122 Å². The zero-order valence-corrected chi connectivity index (χ0v) is 24.4. The summed E-state index contributed by atoms with van der Waals surface area (Å²) in [5, 5.41) is 0. The van der Waals surface area contributed by atoms with E-state index in [2.05, 4.69) is 38.2 Å². The van der Waals surface area contributed by atoms with E-state index in [0.717, 1.165) is 32.1 Å². The van der Waals surface area contributed by atoms with Crippen molar-refractivity contribution in [2.75, 3.05) is 13.2 Å². The normalized spacial score (nSPS) is 11.6. The van der Waals surface area contributed by atoms with Crippen LogP contribution >= 0.6 is 0 Å². The second-order valence-electron chi connectivity index (χ2n) is 10.4. The predicted octanol–water partition coefficient (Wildman–Crippen LogP) is 11.7. The molecule has 0 aromatic carbocycles. The van der Waals surface area contributed by atoms with E-state index >= 15 is 0 Å². The zero-order valence-electron chi connectivity index (χ0n) is 24.4. The van der Waals surface area contributed by atoms with Gasteiger partial charge in [-0.25, -0.2) is 4.79 Å². The topological polar surface area (TPSA) is 35.5 Å². The molecule has 0 spiro atoms. The maximum absolute atomic E-state index is 11.6. The Morgan fingerprint density at radius 1 is 0.444 bits per heavy atom. The molecule has 0 amide bonds. The van der Waals surface area contributed by atoms with Crippen LogP contribution in [-0.4, -0.2) is 19.4 Å². The van der Waals surface area contributed by atoms with Crippen LogP contribution in [0, 0.1) is 0 Å². The van der Waals surface area contributed by atoms with Crippen molar-refractivity contribution in [2.45, 2.75) is 168 Å². The molecule has 0 bridgehead atoms. The van der Waals surface area contributed by atoms with E-state index in [0.29, 0.717) is 13.2 Å². The third-order valence-corrected chi connectivity index (χ3v) is 6.78. The molecule has 3 heteroatoms. The van der Waals surface area contributed by atoms with Crippen LogP contribution in [0.25, 0.3) is 0 Å². The van der Waals surface area contributed by atoms with E-state index in [1.807, 2.05) is 0 Å². The molecule has 0 fully saturated rings. The maximum atomic E-state index is 11.6. The van der Waals surface area contributed by atoms with E-state index < -0.39 is 6.16 Å². The molecular weight excluding hydrogens is 444 g/mol. The molecule has 0 radical (unpaired) electrons. The molecule has 0 heterocycles. The van der Waals surface area contributed by atoms with E-state index in [4.69, 9.17) is 9.47 Å². The van der Waals surface area contributed by atoms with Gasteiger partial charge in [0.25, 0.3) is 0 Å². The molecule has 3 nitrogen and oxygen atoms in total. The summed E-state index contributed by atoms with van der Waals surface area (Å²) >= 11 is 0. The Balaban J connectivity index is 3.22. The van der Waals surface area contributed by atoms with Gasteiger partial charge in [0, 0.05) is 0 Å². The molecule has 36 heavy (non-hydrogen) atoms. The summed E-state index contributed by atoms with van der Waals surface area (Å²) in [7, 11) is 0. The molecular formula is C33H62O3. The first-order chi connectivity index (χ1) is 17.8. The Morgan fingerprint density at radius 2 is 0.778 bits per heavy atom. The number of hydrogen-bond acceptors (Lipinski definition) is 3. The van der Waals surface area contributed by atoms with Crippen LogP contribution in [0.15, 0.2) is 24.3 Å². The standard InChI is InChI=1S/C33H62O3/c1-3-5-7-9-11-13-15-17-18-19-20-22-24-26-28-30-32-36-33(34)35-31-29-27-25-23-21-16-14-12-10-8-6-4-2/h11,13,17-18H,3-10,12,14-16,19-32H2,1-2H3. The molecule has 0 atom stereocenters. The number of carbonyl (C=O) groups is 1. The molecule has 212 valence electrons. The number of rotatable bonds is 28. The molecule has 0 aliphatic rings. The number of allylic oxidation sites excluding steroid dienone is 4. The third kappa shape index (κ3) is 30.8. The summed E-state index contributed by atoms with van der Waals surface area (Å²) in [5.41, 5.74) is 0. The Bertz CT molecular complexity index is 483. The van der Waals surface area contributed by atoms with Gasteiger partial charge in [-0.3, -0.25) is 0 Å². The lowest BCUT2D eigenvalue weighted by atomic mass is 10.1. The van der Waals surface area contributed by atoms with Gasteiger partial charge in [-0.15, -0.1) is 0 Å². The summed E-state index contributed by atoms with van der Waals surface area (Å²) in [6.07, 6.45) is 39.1. The highest BCUT2D eigenvalue weighted by Crippen LogP contribution is 2.12. The second kappa shape index (κ2) is 31.8. The first kappa shape index (κ1) is 34.8. The van der Waals surface area contributed by atoms with Gasteiger partial charge in [0.15, 0.2) is 0 Å². The monoisotopic (exact) mass is 506 g/mol. The molecule has 0 N–H and O–H groups in total. The van der Waals surface area contributed by atoms with Crippen LogP contribution in [0.3, 0.4) is 0 Å². The van der Waals surface area contributed by atoms with Crippen molar-refractivity contribution >= 4 is 6.16 Å². The Hall–Kier alpha value is -1.25. The lowest BCUT2D eigenvalue weighted by Gasteiger charge is -2.06. The molecule has 0 saturated heterocycles. The minimum atomic E-state index is -0.485. The van der Waals surface area contributed by atoms with Crippen LogP contribution in [0.1, 0.15) is 168 Å². The summed E-state index contributed by atoms with van der Waals surface area (Å²) in [6.45, 7) is 5.51. The van der Waals surface area contributed by atoms with Crippen molar-refractivity contribution < 1.29 is 14.3 Å². The first-order valence-electron chi connectivity index (χ1n) is 15.9. The predicted molar refractivity (Wildman–Crippen MR) is 158 cm³/mol. The second-order valence-corrected chi connectivity index (χ2v) is 10.4. The Morgan fingerprint density at radius 3 is 1.22 bits per heavy atom. The van der Waals surface area contributed by atoms with Crippen molar-refractivity contribution in [1.82, 2.24) is 0 Å². The van der Waals surface area contributed by atoms with E-state index in [-0.39, 0.29) is 0 Å². The van der Waals surface area contributed by atoms with Crippen molar-refractivity contribution in [3.05, 3.63) is 24.3 Å². The lowest BCUT2D eigenvalue weighted by Crippen LogP contribution is -2.09. The van der Waals surface area contributed by atoms with Gasteiger partial charge >= 0.3 is 6.16 Å². The van der Waals surface area contributed by atoms with Crippen molar-refractivity contribution in [2.24, 2.45) is 0 Å². The Kier molecular flexibility index (Phi) is 30.7. The summed E-state index contributed by atoms with van der Waals surface area (Å²) < 4.78 is 10.4. The fraction of sp³-hybridized carbons (Fsp3) is 0.848. The number of ether oxygens (including phenoxy) is 2. The SMILES string of the molecule is CCCCCC=CCC=CCCCCCCCCOC(=O)OCCCCCCCCCCCCCC. The molecule has 0 unspecified atom stereocenters. The largest absolute Gasteiger partial charge is 0.508 e. The first-order valence-corrected chi connectivity index (χ1v) is 15.9. The van der Waals surface area contributed by atoms with Crippen LogP contribution in [-0.2, 0) is 9.47 Å². The minimum absolute atomic E-state index is 0.485. The van der Waals surface area contributed by atoms with Crippen LogP contribution < -0.4 is 0 Å². The van der Waals surface area contributed by atoms with Gasteiger partial charge in [-0.2, -0.15) is 0 Å². The molecule has 0 aromatic rings. The highest BCUT2D eigenvalue weighted by atomic mass is 16.7. The van der Waals surface area contributed by atoms with Gasteiger partial charge in [0.2, 0.25) is 0 Å². The average Bonchev–Trinajstić information content (AvgIpc) is 2.88. The number of unbranched alkanes of at least 4 members (excludes halogenated alkanes) is 20. The van der Waals surface area contributed by atoms with Crippen LogP contribution in [0.5, 0.6) is 0 Å². The van der Waals surface area contributed by atoms with Gasteiger partial charge in [0.05, 0.1) is 13.2 Å². The highest BCUT2D eigenvalue weighted by Gasteiger charge is 2.03. The molecule has 0 aromatic heterocycles. The Labute approximate surface area is 225 Å². The maximum Gasteiger partial charge on any atom is 0.508 e. The number of carbonyl (C=O) groups excluding carboxylic acids is 1. The third-order valence-electron chi connectivity index (χ3n) is 6.78. The zero-order chi connectivity index (χ0) is 26.2. The molecule has 0 aliphatic carbocycles. The summed E-state index contributed by atoms with van der Waals surface area (Å²) in [4.78, 5) is 11.6. The van der Waals surface area contributed by atoms with Gasteiger partial charge in [0.1, 0.15) is 0 Å². The van der Waals surface area contributed by atoms with E-state index in [1.54, 1.807) is 0 Å². The van der Waals surface area contributed by atoms with Gasteiger partial charge < -0.3 is 9.47 Å². The van der Waals surface area contributed by atoms with Gasteiger partial charge in [-0.1, -0.05) is 147 Å². The van der Waals surface area contributed by atoms with Gasteiger partial charge in [-0.05, 0) is 44.9 Å². The summed E-state index contributed by atoms with van der Waals surface area (Å²) in [5.74, 6) is 0. The fourth-order valence-electron chi connectivity index (χ4n) is 4.39. The van der Waals surface area contributed by atoms with Crippen molar-refractivity contribution in [1.29, 1.82) is 0 Å². The van der Waals surface area contributed by atoms with Crippen molar-refractivity contribution in [3.63, 3.8) is 0 Å². The molecule has 0 saturated carbocycles. The van der Waals surface area contributed by atoms with E-state index in [9.17, 15) is 4.79 Å². The summed E-state index contributed by atoms with van der Waals surface area (Å²) in [6, 6.07) is 0. The molecule has 0 aliphatic heterocycles. The smallest absolute Gasteiger partial charge is 0.434 e. The van der Waals surface area contributed by atoms with Crippen LogP contribution in [0.4, 0.5) is 4.79 Å². The quantitative estimate of drug-likeness (QED) is 0.0601. The van der Waals surface area contributed by atoms with Crippen LogP contribution in [0.2, 0.25) is 0 Å². The minimum Gasteiger partial charge on any atom is -0.434 e. The number of hydrogen-bond donors (Lipinski definition) is 0.